The van der Waals surface area contributed by atoms with Crippen molar-refractivity contribution >= 4 is 55.4 Å². The van der Waals surface area contributed by atoms with Crippen molar-refractivity contribution in [1.82, 2.24) is 24.9 Å². The van der Waals surface area contributed by atoms with Crippen LogP contribution in [0.5, 0.6) is 0 Å². The predicted octanol–water partition coefficient (Wildman–Crippen LogP) is 9.62. The van der Waals surface area contributed by atoms with E-state index in [1.54, 1.807) is 0 Å². The summed E-state index contributed by atoms with van der Waals surface area (Å²) < 4.78 is 0. The maximum atomic E-state index is 5.18. The van der Waals surface area contributed by atoms with Crippen LogP contribution in [0.3, 0.4) is 0 Å². The van der Waals surface area contributed by atoms with Crippen LogP contribution in [0, 0.1) is 27.7 Å². The Kier molecular flexibility index (Phi) is 6.44. The molecule has 5 heteroatoms. The monoisotopic (exact) mass is 543 g/mol. The molecule has 0 amide bonds. The number of aromatic amines is 3. The first-order chi connectivity index (χ1) is 19.5. The molecule has 4 aromatic rings. The molecule has 6 heterocycles. The molecular weight excluding hydrogens is 502 g/mol. The second kappa shape index (κ2) is 9.76. The minimum absolute atomic E-state index is 0.959. The van der Waals surface area contributed by atoms with Gasteiger partial charge in [0.2, 0.25) is 0 Å². The molecule has 2 aliphatic rings. The lowest BCUT2D eigenvalue weighted by Gasteiger charge is -1.97. The van der Waals surface area contributed by atoms with Gasteiger partial charge in [0.1, 0.15) is 0 Å². The van der Waals surface area contributed by atoms with Crippen LogP contribution in [0.25, 0.3) is 55.4 Å². The van der Waals surface area contributed by atoms with Gasteiger partial charge in [0.15, 0.2) is 0 Å². The second-order valence-corrected chi connectivity index (χ2v) is 11.8. The van der Waals surface area contributed by atoms with Crippen LogP contribution >= 0.6 is 0 Å². The van der Waals surface area contributed by atoms with E-state index in [1.807, 2.05) is 0 Å². The number of aromatic nitrogens is 5. The van der Waals surface area contributed by atoms with Gasteiger partial charge in [-0.3, -0.25) is 0 Å². The number of hydrogen-bond acceptors (Lipinski definition) is 2. The largest absolute Gasteiger partial charge is 0.355 e. The maximum Gasteiger partial charge on any atom is 0.0907 e. The highest BCUT2D eigenvalue weighted by molar-refractivity contribution is 5.97. The average molecular weight is 544 g/mol. The third-order valence-corrected chi connectivity index (χ3v) is 9.69. The Morgan fingerprint density at radius 1 is 0.463 bits per heavy atom. The van der Waals surface area contributed by atoms with Crippen LogP contribution in [-0.2, 0) is 12.8 Å². The zero-order chi connectivity index (χ0) is 29.3. The number of H-pyrrole nitrogens is 3. The number of aryl methyl sites for hydroxylation is 6. The first-order valence-electron chi connectivity index (χ1n) is 14.8. The van der Waals surface area contributed by atoms with Crippen LogP contribution < -0.4 is 0 Å². The Bertz CT molecular complexity index is 2040. The fraction of sp³-hybridized carbons (Fsp3) is 0.333. The summed E-state index contributed by atoms with van der Waals surface area (Å²) in [5, 5.41) is 0. The van der Waals surface area contributed by atoms with E-state index in [0.29, 0.717) is 0 Å². The average Bonchev–Trinajstić information content (AvgIpc) is 3.66. The molecule has 0 atom stereocenters. The van der Waals surface area contributed by atoms with E-state index < -0.39 is 0 Å². The number of rotatable bonds is 2. The molecule has 0 aromatic carbocycles. The van der Waals surface area contributed by atoms with Gasteiger partial charge < -0.3 is 15.0 Å². The summed E-state index contributed by atoms with van der Waals surface area (Å²) in [6.45, 7) is 22.0. The lowest BCUT2D eigenvalue weighted by molar-refractivity contribution is 1.14. The maximum absolute atomic E-state index is 5.18. The van der Waals surface area contributed by atoms with Gasteiger partial charge in [-0.25, -0.2) is 9.97 Å². The lowest BCUT2D eigenvalue weighted by atomic mass is 10.0. The topological polar surface area (TPSA) is 73.2 Å². The van der Waals surface area contributed by atoms with Gasteiger partial charge in [-0.15, -0.1) is 0 Å². The predicted molar refractivity (Wildman–Crippen MR) is 176 cm³/mol. The Balaban J connectivity index is 1.84. The fourth-order valence-electron chi connectivity index (χ4n) is 6.46. The van der Waals surface area contributed by atoms with Gasteiger partial charge in [0.05, 0.1) is 28.3 Å². The molecule has 5 nitrogen and oxygen atoms in total. The third-order valence-electron chi connectivity index (χ3n) is 9.69. The fourth-order valence-corrected chi connectivity index (χ4v) is 6.46. The minimum atomic E-state index is 0.959. The number of nitrogens with one attached hydrogen (secondary N) is 3. The summed E-state index contributed by atoms with van der Waals surface area (Å²) in [4.78, 5) is 21.6. The van der Waals surface area contributed by atoms with E-state index in [2.05, 4.69) is 108 Å². The number of hydrogen-bond donors (Lipinski definition) is 3. The molecule has 0 unspecified atom stereocenters. The van der Waals surface area contributed by atoms with E-state index in [-0.39, 0.29) is 0 Å². The van der Waals surface area contributed by atoms with Crippen molar-refractivity contribution in [3.63, 3.8) is 0 Å². The summed E-state index contributed by atoms with van der Waals surface area (Å²) in [5.74, 6) is 0. The Morgan fingerprint density at radius 2 is 0.927 bits per heavy atom. The quantitative estimate of drug-likeness (QED) is 0.235. The van der Waals surface area contributed by atoms with Crippen molar-refractivity contribution in [2.45, 2.75) is 82.1 Å². The van der Waals surface area contributed by atoms with E-state index in [4.69, 9.17) is 9.97 Å². The van der Waals surface area contributed by atoms with E-state index >= 15 is 0 Å². The Morgan fingerprint density at radius 3 is 1.51 bits per heavy atom. The normalized spacial score (nSPS) is 13.6. The molecule has 10 bridgehead atoms. The highest BCUT2D eigenvalue weighted by Crippen LogP contribution is 2.36. The molecular formula is C36H41N5. The summed E-state index contributed by atoms with van der Waals surface area (Å²) in [6, 6.07) is 8.95. The minimum Gasteiger partial charge on any atom is -0.355 e. The van der Waals surface area contributed by atoms with Gasteiger partial charge in [0.25, 0.3) is 0 Å². The zero-order valence-electron chi connectivity index (χ0n) is 26.1. The van der Waals surface area contributed by atoms with Gasteiger partial charge in [-0.05, 0) is 148 Å². The van der Waals surface area contributed by atoms with Crippen LogP contribution in [0.15, 0.2) is 24.3 Å². The number of allylic oxidation sites excluding steroid dienone is 4. The Labute approximate surface area is 242 Å². The van der Waals surface area contributed by atoms with Crippen LogP contribution in [0.2, 0.25) is 0 Å². The van der Waals surface area contributed by atoms with E-state index in [9.17, 15) is 0 Å². The van der Waals surface area contributed by atoms with Crippen molar-refractivity contribution in [1.29, 1.82) is 0 Å². The first-order valence-corrected chi connectivity index (χ1v) is 14.8. The van der Waals surface area contributed by atoms with Crippen molar-refractivity contribution in [3.05, 3.63) is 80.4 Å². The molecule has 2 aliphatic heterocycles. The van der Waals surface area contributed by atoms with E-state index in [1.165, 1.54) is 61.2 Å². The first kappa shape index (κ1) is 27.1. The highest BCUT2D eigenvalue weighted by Gasteiger charge is 2.20. The zero-order valence-corrected chi connectivity index (χ0v) is 26.1. The molecule has 0 spiro atoms. The van der Waals surface area contributed by atoms with Crippen LogP contribution in [0.4, 0.5) is 0 Å². The number of nitrogens with zero attached hydrogens (tertiary/aromatic N) is 2. The summed E-state index contributed by atoms with van der Waals surface area (Å²) in [7, 11) is 0. The van der Waals surface area contributed by atoms with Crippen molar-refractivity contribution in [3.8, 4) is 0 Å². The van der Waals surface area contributed by atoms with Crippen molar-refractivity contribution < 1.29 is 0 Å². The summed E-state index contributed by atoms with van der Waals surface area (Å²) in [5.41, 5.74) is 23.4. The molecule has 0 saturated heterocycles. The molecule has 3 N–H and O–H groups in total. The number of fused-ring (bicyclic) bond motifs is 11. The van der Waals surface area contributed by atoms with Crippen LogP contribution in [0.1, 0.15) is 97.7 Å². The standard InChI is InChI=1S/C36H41N5/c1-11-25-23(9)31-14-28-18(4)17(3)27(37-28)13-29-19(5)21(7)35(40-29)36-22(8)20(6)30(41-36)15-32-24(10)26(12-2)34(39-32)16-33(25)38-31/h13-16,38-39,41H,11-12H2,1-10H3. The molecule has 0 radical (unpaired) electrons. The second-order valence-electron chi connectivity index (χ2n) is 11.8. The third kappa shape index (κ3) is 4.13. The van der Waals surface area contributed by atoms with E-state index in [0.717, 1.165) is 63.2 Å². The summed E-state index contributed by atoms with van der Waals surface area (Å²) >= 11 is 0. The SMILES string of the molecule is CCc1c(C)c2cc3nc(cc4nc(c5[nH]c(cc6[nH]c(cc1[nH]2)c(CC)c6C)c(C)c5C)C(C)=C4C)C(C)=C3C. The van der Waals surface area contributed by atoms with Gasteiger partial charge in [-0.1, -0.05) is 13.8 Å². The molecule has 0 fully saturated rings. The summed E-state index contributed by atoms with van der Waals surface area (Å²) in [6.07, 6.45) is 1.92. The molecule has 4 aromatic heterocycles. The van der Waals surface area contributed by atoms with Crippen molar-refractivity contribution in [2.24, 2.45) is 0 Å². The Hall–Kier alpha value is -4.12. The molecule has 0 aliphatic carbocycles. The smallest absolute Gasteiger partial charge is 0.0907 e. The van der Waals surface area contributed by atoms with Crippen molar-refractivity contribution in [2.75, 3.05) is 0 Å². The molecule has 41 heavy (non-hydrogen) atoms. The van der Waals surface area contributed by atoms with Gasteiger partial charge >= 0.3 is 0 Å². The lowest BCUT2D eigenvalue weighted by Crippen LogP contribution is -1.83. The van der Waals surface area contributed by atoms with Crippen LogP contribution in [-0.4, -0.2) is 24.9 Å². The molecule has 6 rings (SSSR count). The molecule has 0 saturated carbocycles. The van der Waals surface area contributed by atoms with Gasteiger partial charge in [-0.2, -0.15) is 0 Å². The van der Waals surface area contributed by atoms with Gasteiger partial charge in [0, 0.05) is 27.6 Å². The molecule has 210 valence electrons. The highest BCUT2D eigenvalue weighted by atomic mass is 14.8.